The van der Waals surface area contributed by atoms with Gasteiger partial charge in [-0.25, -0.2) is 4.39 Å². The van der Waals surface area contributed by atoms with Gasteiger partial charge in [0.1, 0.15) is 5.82 Å². The van der Waals surface area contributed by atoms with Gasteiger partial charge in [-0.15, -0.1) is 0 Å². The second-order valence-corrected chi connectivity index (χ2v) is 5.42. The molecule has 1 aliphatic rings. The number of pyridine rings is 1. The number of aromatic nitrogens is 1. The monoisotopic (exact) mass is 290 g/mol. The van der Waals surface area contributed by atoms with Crippen LogP contribution in [0.15, 0.2) is 18.5 Å². The third-order valence-electron chi connectivity index (χ3n) is 3.90. The minimum Gasteiger partial charge on any atom is -0.307 e. The first-order chi connectivity index (χ1) is 9.36. The number of alkyl halides is 3. The highest BCUT2D eigenvalue weighted by Gasteiger charge is 2.41. The first kappa shape index (κ1) is 15.2. The van der Waals surface area contributed by atoms with Crippen LogP contribution in [0.5, 0.6) is 0 Å². The van der Waals surface area contributed by atoms with E-state index in [0.29, 0.717) is 18.4 Å². The highest BCUT2D eigenvalue weighted by atomic mass is 19.4. The van der Waals surface area contributed by atoms with Gasteiger partial charge in [0, 0.05) is 18.3 Å². The molecule has 2 rings (SSSR count). The van der Waals surface area contributed by atoms with Gasteiger partial charge in [0.2, 0.25) is 0 Å². The molecule has 0 radical (unpaired) electrons. The predicted molar refractivity (Wildman–Crippen MR) is 67.5 cm³/mol. The molecule has 1 N–H and O–H groups in total. The minimum atomic E-state index is -4.08. The van der Waals surface area contributed by atoms with Gasteiger partial charge in [-0.2, -0.15) is 13.2 Å². The molecule has 0 aliphatic heterocycles. The van der Waals surface area contributed by atoms with E-state index in [-0.39, 0.29) is 24.9 Å². The van der Waals surface area contributed by atoms with Crippen LogP contribution >= 0.6 is 0 Å². The van der Waals surface area contributed by atoms with E-state index >= 15 is 0 Å². The average molecular weight is 290 g/mol. The lowest BCUT2D eigenvalue weighted by atomic mass is 9.85. The highest BCUT2D eigenvalue weighted by Crippen LogP contribution is 2.37. The predicted octanol–water partition coefficient (Wildman–Crippen LogP) is 3.99. The molecule has 0 saturated heterocycles. The van der Waals surface area contributed by atoms with E-state index in [1.807, 2.05) is 6.92 Å². The molecule has 20 heavy (non-hydrogen) atoms. The van der Waals surface area contributed by atoms with Crippen LogP contribution in [-0.4, -0.2) is 17.2 Å². The lowest BCUT2D eigenvalue weighted by Gasteiger charge is -2.32. The summed E-state index contributed by atoms with van der Waals surface area (Å²) in [5.41, 5.74) is 0.711. The third kappa shape index (κ3) is 3.91. The molecule has 1 fully saturated rings. The van der Waals surface area contributed by atoms with Crippen LogP contribution in [0.2, 0.25) is 0 Å². The Labute approximate surface area is 115 Å². The zero-order chi connectivity index (χ0) is 14.8. The van der Waals surface area contributed by atoms with Gasteiger partial charge < -0.3 is 5.32 Å². The maximum atomic E-state index is 13.1. The second kappa shape index (κ2) is 6.08. The molecule has 0 amide bonds. The van der Waals surface area contributed by atoms with Crippen LogP contribution in [0, 0.1) is 11.7 Å². The molecule has 1 aromatic rings. The molecular weight excluding hydrogens is 272 g/mol. The Morgan fingerprint density at radius 2 is 1.85 bits per heavy atom. The minimum absolute atomic E-state index is 0.0480. The number of rotatable bonds is 3. The molecule has 6 heteroatoms. The van der Waals surface area contributed by atoms with E-state index in [1.54, 1.807) is 6.20 Å². The molecule has 1 unspecified atom stereocenters. The maximum Gasteiger partial charge on any atom is 0.391 e. The van der Waals surface area contributed by atoms with E-state index in [4.69, 9.17) is 0 Å². The number of hydrogen-bond donors (Lipinski definition) is 1. The van der Waals surface area contributed by atoms with Crippen molar-refractivity contribution in [3.63, 3.8) is 0 Å². The van der Waals surface area contributed by atoms with Crippen LogP contribution in [-0.2, 0) is 0 Å². The van der Waals surface area contributed by atoms with Crippen LogP contribution in [0.4, 0.5) is 17.6 Å². The lowest BCUT2D eigenvalue weighted by molar-refractivity contribution is -0.182. The topological polar surface area (TPSA) is 24.9 Å². The summed E-state index contributed by atoms with van der Waals surface area (Å²) in [6.45, 7) is 1.87. The van der Waals surface area contributed by atoms with Crippen LogP contribution in [0.25, 0.3) is 0 Å². The molecular formula is C14H18F4N2. The van der Waals surface area contributed by atoms with Crippen molar-refractivity contribution in [2.75, 3.05) is 0 Å². The molecule has 1 aliphatic carbocycles. The van der Waals surface area contributed by atoms with Crippen molar-refractivity contribution in [2.24, 2.45) is 5.92 Å². The van der Waals surface area contributed by atoms with Crippen LogP contribution in [0.1, 0.15) is 44.2 Å². The summed E-state index contributed by atoms with van der Waals surface area (Å²) < 4.78 is 50.8. The molecule has 0 aromatic carbocycles. The molecule has 112 valence electrons. The second-order valence-electron chi connectivity index (χ2n) is 5.42. The summed E-state index contributed by atoms with van der Waals surface area (Å²) in [5, 5.41) is 3.26. The van der Waals surface area contributed by atoms with E-state index in [2.05, 4.69) is 10.3 Å². The number of halogens is 4. The zero-order valence-electron chi connectivity index (χ0n) is 11.3. The SMILES string of the molecule is CC(NC1CCC(C(F)(F)F)CC1)c1cncc(F)c1. The zero-order valence-corrected chi connectivity index (χ0v) is 11.3. The fourth-order valence-electron chi connectivity index (χ4n) is 2.70. The summed E-state index contributed by atoms with van der Waals surface area (Å²) >= 11 is 0. The van der Waals surface area contributed by atoms with Gasteiger partial charge in [-0.3, -0.25) is 4.98 Å². The maximum absolute atomic E-state index is 13.1. The lowest BCUT2D eigenvalue weighted by Crippen LogP contribution is -2.38. The Bertz CT molecular complexity index is 439. The van der Waals surface area contributed by atoms with Gasteiger partial charge in [0.15, 0.2) is 0 Å². The third-order valence-corrected chi connectivity index (χ3v) is 3.90. The summed E-state index contributed by atoms with van der Waals surface area (Å²) in [6.07, 6.45) is -0.0605. The molecule has 1 heterocycles. The van der Waals surface area contributed by atoms with Gasteiger partial charge in [0.05, 0.1) is 12.1 Å². The average Bonchev–Trinajstić information content (AvgIpc) is 2.38. The largest absolute Gasteiger partial charge is 0.391 e. The summed E-state index contributed by atoms with van der Waals surface area (Å²) in [5.74, 6) is -1.58. The van der Waals surface area contributed by atoms with E-state index < -0.39 is 17.9 Å². The number of hydrogen-bond acceptors (Lipinski definition) is 2. The normalized spacial score (nSPS) is 25.4. The van der Waals surface area contributed by atoms with Gasteiger partial charge >= 0.3 is 6.18 Å². The van der Waals surface area contributed by atoms with Gasteiger partial charge in [-0.1, -0.05) is 0 Å². The van der Waals surface area contributed by atoms with Gasteiger partial charge in [0.25, 0.3) is 0 Å². The Kier molecular flexibility index (Phi) is 4.62. The standard InChI is InChI=1S/C14H18F4N2/c1-9(10-6-12(15)8-19-7-10)20-13-4-2-11(3-5-13)14(16,17)18/h6-9,11,13,20H,2-5H2,1H3. The summed E-state index contributed by atoms with van der Waals surface area (Å²) in [7, 11) is 0. The number of nitrogens with one attached hydrogen (secondary N) is 1. The first-order valence-electron chi connectivity index (χ1n) is 6.79. The van der Waals surface area contributed by atoms with Gasteiger partial charge in [-0.05, 0) is 44.2 Å². The van der Waals surface area contributed by atoms with Crippen molar-refractivity contribution >= 4 is 0 Å². The van der Waals surface area contributed by atoms with Crippen molar-refractivity contribution in [2.45, 2.75) is 50.9 Å². The van der Waals surface area contributed by atoms with Crippen molar-refractivity contribution in [3.8, 4) is 0 Å². The van der Waals surface area contributed by atoms with E-state index in [1.165, 1.54) is 6.07 Å². The summed E-state index contributed by atoms with van der Waals surface area (Å²) in [4.78, 5) is 3.78. The fraction of sp³-hybridized carbons (Fsp3) is 0.643. The Morgan fingerprint density at radius 3 is 2.40 bits per heavy atom. The number of nitrogens with zero attached hydrogens (tertiary/aromatic N) is 1. The quantitative estimate of drug-likeness (QED) is 0.851. The Balaban J connectivity index is 1.86. The molecule has 1 atom stereocenters. The van der Waals surface area contributed by atoms with Crippen molar-refractivity contribution in [1.29, 1.82) is 0 Å². The fourth-order valence-corrected chi connectivity index (χ4v) is 2.70. The van der Waals surface area contributed by atoms with Crippen molar-refractivity contribution in [3.05, 3.63) is 29.8 Å². The smallest absolute Gasteiger partial charge is 0.307 e. The van der Waals surface area contributed by atoms with E-state index in [9.17, 15) is 17.6 Å². The van der Waals surface area contributed by atoms with Crippen LogP contribution < -0.4 is 5.32 Å². The first-order valence-corrected chi connectivity index (χ1v) is 6.79. The Morgan fingerprint density at radius 1 is 1.20 bits per heavy atom. The molecule has 1 aromatic heterocycles. The van der Waals surface area contributed by atoms with E-state index in [0.717, 1.165) is 6.20 Å². The molecule has 0 spiro atoms. The highest BCUT2D eigenvalue weighted by molar-refractivity contribution is 5.14. The van der Waals surface area contributed by atoms with Crippen LogP contribution in [0.3, 0.4) is 0 Å². The van der Waals surface area contributed by atoms with Crippen molar-refractivity contribution < 1.29 is 17.6 Å². The molecule has 1 saturated carbocycles. The summed E-state index contributed by atoms with van der Waals surface area (Å²) in [6, 6.07) is 1.32. The van der Waals surface area contributed by atoms with Crippen molar-refractivity contribution in [1.82, 2.24) is 10.3 Å². The Hall–Kier alpha value is -1.17. The molecule has 0 bridgehead atoms. The molecule has 2 nitrogen and oxygen atoms in total.